The molecule has 204 valence electrons. The average Bonchev–Trinajstić information content (AvgIpc) is 3.29. The predicted molar refractivity (Wildman–Crippen MR) is 140 cm³/mol. The van der Waals surface area contributed by atoms with Gasteiger partial charge in [-0.15, -0.1) is 0 Å². The molecule has 0 spiro atoms. The Kier molecular flexibility index (Phi) is 6.42. The number of nitriles is 1. The minimum atomic E-state index is -1.65. The van der Waals surface area contributed by atoms with Crippen LogP contribution in [0.2, 0.25) is 0 Å². The molecule has 3 fully saturated rings. The molecular weight excluding hydrogens is 505 g/mol. The van der Waals surface area contributed by atoms with E-state index < -0.39 is 23.8 Å². The van der Waals surface area contributed by atoms with Crippen LogP contribution in [0.15, 0.2) is 36.7 Å². The summed E-state index contributed by atoms with van der Waals surface area (Å²) in [4.78, 5) is 29.1. The maximum Gasteiger partial charge on any atom is 0.406 e. The number of carbonyl (C=O) groups excluding carboxylic acids is 2. The number of alkyl carbamates (subject to hydrolysis) is 1. The number of rotatable bonds is 9. The first kappa shape index (κ1) is 26.4. The van der Waals surface area contributed by atoms with E-state index in [-0.39, 0.29) is 23.1 Å². The summed E-state index contributed by atoms with van der Waals surface area (Å²) < 4.78 is 20.6. The second-order valence-corrected chi connectivity index (χ2v) is 11.1. The van der Waals surface area contributed by atoms with Crippen molar-refractivity contribution in [3.63, 3.8) is 0 Å². The first-order valence-electron chi connectivity index (χ1n) is 12.6. The number of ether oxygens (including phenoxy) is 1. The lowest BCUT2D eigenvalue weighted by Gasteiger charge is -2.71. The maximum absolute atomic E-state index is 14.3. The van der Waals surface area contributed by atoms with E-state index in [2.05, 4.69) is 36.8 Å². The largest absolute Gasteiger partial charge is 0.453 e. The zero-order chi connectivity index (χ0) is 28.0. The van der Waals surface area contributed by atoms with Gasteiger partial charge in [-0.2, -0.15) is 10.4 Å². The number of pyridine rings is 1. The molecule has 3 saturated carbocycles. The summed E-state index contributed by atoms with van der Waals surface area (Å²) in [6.45, 7) is 2.84. The molecule has 6 rings (SSSR count). The lowest BCUT2D eigenvalue weighted by molar-refractivity contribution is -0.112. The van der Waals surface area contributed by atoms with E-state index >= 15 is 0 Å². The molecule has 0 aromatic carbocycles. The van der Waals surface area contributed by atoms with E-state index in [1.165, 1.54) is 33.4 Å². The highest BCUT2D eigenvalue weighted by atomic mass is 19.1. The number of anilines is 1. The second-order valence-electron chi connectivity index (χ2n) is 11.1. The molecule has 4 N–H and O–H groups in total. The molecule has 0 saturated heterocycles. The van der Waals surface area contributed by atoms with Crippen LogP contribution in [0.3, 0.4) is 0 Å². The number of nitrogens with zero attached hydrogens (tertiary/aromatic N) is 4. The highest BCUT2D eigenvalue weighted by Gasteiger charge is 2.67. The highest BCUT2D eigenvalue weighted by Crippen LogP contribution is 2.68. The Labute approximate surface area is 224 Å². The second kappa shape index (κ2) is 9.50. The molecule has 0 radical (unpaired) electrons. The maximum atomic E-state index is 14.3. The van der Waals surface area contributed by atoms with Gasteiger partial charge in [0, 0.05) is 18.3 Å². The monoisotopic (exact) mass is 535 g/mol. The molecule has 2 amide bonds. The summed E-state index contributed by atoms with van der Waals surface area (Å²) in [5.74, 6) is -0.520. The third-order valence-corrected chi connectivity index (χ3v) is 7.58. The van der Waals surface area contributed by atoms with Crippen LogP contribution >= 0.6 is 0 Å². The Balaban J connectivity index is 1.40. The van der Waals surface area contributed by atoms with Gasteiger partial charge >= 0.3 is 6.09 Å². The average molecular weight is 536 g/mol. The van der Waals surface area contributed by atoms with Crippen molar-refractivity contribution in [2.45, 2.75) is 50.4 Å². The summed E-state index contributed by atoms with van der Waals surface area (Å²) >= 11 is 0. The van der Waals surface area contributed by atoms with E-state index in [9.17, 15) is 24.3 Å². The fourth-order valence-electron chi connectivity index (χ4n) is 5.60. The number of hydrogen-bond acceptors (Lipinski definition) is 8. The molecule has 11 nitrogen and oxygen atoms in total. The Morgan fingerprint density at radius 3 is 2.67 bits per heavy atom. The minimum absolute atomic E-state index is 0.00622. The molecule has 0 aliphatic heterocycles. The summed E-state index contributed by atoms with van der Waals surface area (Å²) in [6.07, 6.45) is 3.21. The van der Waals surface area contributed by atoms with E-state index in [0.717, 1.165) is 24.8 Å². The van der Waals surface area contributed by atoms with Gasteiger partial charge in [-0.3, -0.25) is 9.78 Å². The number of alkyl halides is 1. The van der Waals surface area contributed by atoms with Crippen LogP contribution in [0, 0.1) is 16.7 Å². The molecule has 3 heterocycles. The molecule has 39 heavy (non-hydrogen) atoms. The Hall–Kier alpha value is -4.24. The van der Waals surface area contributed by atoms with Gasteiger partial charge in [0.2, 0.25) is 0 Å². The SMILES string of the molecule is COC(=O)NCC12CC(Nc3cc(-c4ccc5cc(C#N)cnn45)ncc3C(=O)NC[C@@H](F)C(C)(C)O)(C1)C2. The van der Waals surface area contributed by atoms with E-state index in [0.29, 0.717) is 29.2 Å². The molecular formula is C27H30FN7O4. The Morgan fingerprint density at radius 2 is 2.00 bits per heavy atom. The number of nitrogens with one attached hydrogen (secondary N) is 3. The van der Waals surface area contributed by atoms with E-state index in [1.54, 1.807) is 16.6 Å². The number of halogens is 1. The molecule has 3 aromatic heterocycles. The van der Waals surface area contributed by atoms with Crippen molar-refractivity contribution in [2.75, 3.05) is 25.5 Å². The third kappa shape index (κ3) is 4.97. The molecule has 0 unspecified atom stereocenters. The fraction of sp³-hybridized carbons (Fsp3) is 0.444. The number of fused-ring (bicyclic) bond motifs is 1. The van der Waals surface area contributed by atoms with Crippen LogP contribution < -0.4 is 16.0 Å². The lowest BCUT2D eigenvalue weighted by atomic mass is 9.39. The van der Waals surface area contributed by atoms with Crippen molar-refractivity contribution in [3.8, 4) is 17.5 Å². The van der Waals surface area contributed by atoms with Gasteiger partial charge in [-0.1, -0.05) is 0 Å². The number of carbonyl (C=O) groups is 2. The minimum Gasteiger partial charge on any atom is -0.453 e. The van der Waals surface area contributed by atoms with Crippen molar-refractivity contribution in [1.29, 1.82) is 5.26 Å². The zero-order valence-corrected chi connectivity index (χ0v) is 21.9. The van der Waals surface area contributed by atoms with Gasteiger partial charge in [-0.05, 0) is 62.8 Å². The summed E-state index contributed by atoms with van der Waals surface area (Å²) in [7, 11) is 1.33. The van der Waals surface area contributed by atoms with Crippen LogP contribution in [0.4, 0.5) is 14.9 Å². The van der Waals surface area contributed by atoms with Crippen LogP contribution in [0.5, 0.6) is 0 Å². The van der Waals surface area contributed by atoms with Gasteiger partial charge in [0.15, 0.2) is 0 Å². The molecule has 12 heteroatoms. The normalized spacial score (nSPS) is 22.2. The van der Waals surface area contributed by atoms with E-state index in [1.807, 2.05) is 12.1 Å². The van der Waals surface area contributed by atoms with Gasteiger partial charge in [0.05, 0.1) is 59.2 Å². The lowest BCUT2D eigenvalue weighted by Crippen LogP contribution is -2.73. The number of hydrogen-bond donors (Lipinski definition) is 4. The number of amides is 2. The highest BCUT2D eigenvalue weighted by molar-refractivity contribution is 6.00. The van der Waals surface area contributed by atoms with E-state index in [4.69, 9.17) is 0 Å². The predicted octanol–water partition coefficient (Wildman–Crippen LogP) is 2.80. The summed E-state index contributed by atoms with van der Waals surface area (Å²) in [5, 5.41) is 32.3. The summed E-state index contributed by atoms with van der Waals surface area (Å²) in [6, 6.07) is 9.22. The Morgan fingerprint density at radius 1 is 1.26 bits per heavy atom. The van der Waals surface area contributed by atoms with Gasteiger partial charge < -0.3 is 25.8 Å². The third-order valence-electron chi connectivity index (χ3n) is 7.58. The smallest absolute Gasteiger partial charge is 0.406 e. The van der Waals surface area contributed by atoms with Crippen LogP contribution in [0.1, 0.15) is 49.0 Å². The standard InChI is InChI=1S/C27H30FN7O4/c1-25(2,38)22(28)11-31-23(36)18-10-30-20(21-5-4-17-6-16(8-29)9-33-35(17)21)7-19(18)34-27-12-26(13-27,14-27)15-32-24(37)39-3/h4-7,9-10,22,38H,11-15H2,1-3H3,(H,30,34)(H,31,36)(H,32,37)/t22-,26?,27?/m1/s1. The topological polar surface area (TPSA) is 154 Å². The van der Waals surface area contributed by atoms with Crippen LogP contribution in [-0.2, 0) is 4.74 Å². The molecule has 3 aliphatic carbocycles. The quantitative estimate of drug-likeness (QED) is 0.326. The van der Waals surface area contributed by atoms with Crippen molar-refractivity contribution in [3.05, 3.63) is 47.8 Å². The molecule has 2 bridgehead atoms. The van der Waals surface area contributed by atoms with Gasteiger partial charge in [0.25, 0.3) is 5.91 Å². The van der Waals surface area contributed by atoms with Crippen LogP contribution in [-0.4, -0.2) is 69.2 Å². The first-order valence-corrected chi connectivity index (χ1v) is 12.6. The summed E-state index contributed by atoms with van der Waals surface area (Å²) in [5.41, 5.74) is 1.33. The van der Waals surface area contributed by atoms with Crippen molar-refractivity contribution in [1.82, 2.24) is 25.2 Å². The Bertz CT molecular complexity index is 1470. The van der Waals surface area contributed by atoms with Crippen LogP contribution in [0.25, 0.3) is 16.9 Å². The van der Waals surface area contributed by atoms with Gasteiger partial charge in [-0.25, -0.2) is 13.7 Å². The number of aliphatic hydroxyl groups is 1. The van der Waals surface area contributed by atoms with Crippen molar-refractivity contribution >= 4 is 23.2 Å². The molecule has 1 atom stereocenters. The molecule has 3 aliphatic rings. The van der Waals surface area contributed by atoms with Gasteiger partial charge in [0.1, 0.15) is 12.2 Å². The number of aromatic nitrogens is 3. The fourth-order valence-corrected chi connectivity index (χ4v) is 5.60. The van der Waals surface area contributed by atoms with Crippen molar-refractivity contribution in [2.24, 2.45) is 5.41 Å². The first-order chi connectivity index (χ1) is 18.5. The zero-order valence-electron chi connectivity index (χ0n) is 21.9. The number of methoxy groups -OCH3 is 1. The van der Waals surface area contributed by atoms with Crippen molar-refractivity contribution < 1.29 is 23.8 Å². The molecule has 3 aromatic rings.